The summed E-state index contributed by atoms with van der Waals surface area (Å²) in [6.45, 7) is 4.06. The average molecular weight is 272 g/mol. The zero-order valence-corrected chi connectivity index (χ0v) is 11.5. The summed E-state index contributed by atoms with van der Waals surface area (Å²) >= 11 is 0. The number of aliphatic hydroxyl groups is 1. The summed E-state index contributed by atoms with van der Waals surface area (Å²) in [5.74, 6) is 0.145. The smallest absolute Gasteiger partial charge is 0.277 e. The average Bonchev–Trinajstić information content (AvgIpc) is 2.27. The van der Waals surface area contributed by atoms with Gasteiger partial charge in [0.15, 0.2) is 0 Å². The van der Waals surface area contributed by atoms with Crippen LogP contribution in [-0.2, 0) is 10.2 Å². The van der Waals surface area contributed by atoms with E-state index in [9.17, 15) is 13.5 Å². The number of benzene rings is 1. The van der Waals surface area contributed by atoms with Crippen molar-refractivity contribution in [2.75, 3.05) is 13.1 Å². The highest BCUT2D eigenvalue weighted by Gasteiger charge is 2.22. The maximum Gasteiger partial charge on any atom is 0.277 e. The van der Waals surface area contributed by atoms with Crippen LogP contribution in [0.5, 0.6) is 0 Å². The van der Waals surface area contributed by atoms with Crippen molar-refractivity contribution in [1.82, 2.24) is 4.31 Å². The molecule has 6 heteroatoms. The van der Waals surface area contributed by atoms with Gasteiger partial charge in [-0.3, -0.25) is 0 Å². The van der Waals surface area contributed by atoms with Crippen molar-refractivity contribution in [3.63, 3.8) is 0 Å². The van der Waals surface area contributed by atoms with E-state index in [0.717, 1.165) is 4.31 Å². The molecule has 0 aliphatic heterocycles. The first-order valence-electron chi connectivity index (χ1n) is 5.81. The molecule has 0 spiro atoms. The third-order valence-electron chi connectivity index (χ3n) is 2.49. The minimum absolute atomic E-state index is 0.0268. The van der Waals surface area contributed by atoms with E-state index in [1.807, 2.05) is 19.9 Å². The van der Waals surface area contributed by atoms with Crippen LogP contribution in [0.25, 0.3) is 0 Å². The lowest BCUT2D eigenvalue weighted by atomic mass is 10.1. The lowest BCUT2D eigenvalue weighted by Crippen LogP contribution is -2.41. The SMILES string of the molecule is CC(C)CN(C[C@@H](O)c1ccccc1)S(N)(=O)=O. The Labute approximate surface area is 108 Å². The van der Waals surface area contributed by atoms with Crippen molar-refractivity contribution >= 4 is 10.2 Å². The molecule has 0 aromatic heterocycles. The third kappa shape index (κ3) is 4.73. The van der Waals surface area contributed by atoms with E-state index in [2.05, 4.69) is 0 Å². The minimum Gasteiger partial charge on any atom is -0.387 e. The van der Waals surface area contributed by atoms with Crippen LogP contribution in [0.2, 0.25) is 0 Å². The molecule has 102 valence electrons. The molecule has 0 bridgehead atoms. The molecule has 3 N–H and O–H groups in total. The van der Waals surface area contributed by atoms with Crippen molar-refractivity contribution in [2.24, 2.45) is 11.1 Å². The first-order chi connectivity index (χ1) is 8.30. The first kappa shape index (κ1) is 15.1. The Kier molecular flexibility index (Phi) is 5.28. The molecule has 18 heavy (non-hydrogen) atoms. The summed E-state index contributed by atoms with van der Waals surface area (Å²) in [6, 6.07) is 8.93. The van der Waals surface area contributed by atoms with E-state index >= 15 is 0 Å². The summed E-state index contributed by atoms with van der Waals surface area (Å²) in [7, 11) is -3.79. The highest BCUT2D eigenvalue weighted by atomic mass is 32.2. The van der Waals surface area contributed by atoms with Crippen molar-refractivity contribution in [1.29, 1.82) is 0 Å². The molecule has 0 fully saturated rings. The van der Waals surface area contributed by atoms with Crippen LogP contribution in [0.4, 0.5) is 0 Å². The van der Waals surface area contributed by atoms with E-state index in [4.69, 9.17) is 5.14 Å². The van der Waals surface area contributed by atoms with Crippen LogP contribution >= 0.6 is 0 Å². The largest absolute Gasteiger partial charge is 0.387 e. The molecule has 0 heterocycles. The summed E-state index contributed by atoms with van der Waals surface area (Å²) < 4.78 is 24.0. The van der Waals surface area contributed by atoms with Crippen LogP contribution < -0.4 is 5.14 Å². The van der Waals surface area contributed by atoms with Gasteiger partial charge in [0.25, 0.3) is 10.2 Å². The molecule has 5 nitrogen and oxygen atoms in total. The van der Waals surface area contributed by atoms with Gasteiger partial charge >= 0.3 is 0 Å². The summed E-state index contributed by atoms with van der Waals surface area (Å²) in [5.41, 5.74) is 0.676. The van der Waals surface area contributed by atoms with Gasteiger partial charge in [0, 0.05) is 13.1 Å². The molecule has 0 aliphatic carbocycles. The molecule has 0 radical (unpaired) electrons. The molecule has 1 rings (SSSR count). The predicted molar refractivity (Wildman–Crippen MR) is 70.9 cm³/mol. The topological polar surface area (TPSA) is 83.6 Å². The number of aliphatic hydroxyl groups excluding tert-OH is 1. The highest BCUT2D eigenvalue weighted by molar-refractivity contribution is 7.86. The molecular formula is C12H20N2O3S. The fourth-order valence-electron chi connectivity index (χ4n) is 1.66. The van der Waals surface area contributed by atoms with E-state index < -0.39 is 16.3 Å². The fraction of sp³-hybridized carbons (Fsp3) is 0.500. The van der Waals surface area contributed by atoms with Crippen molar-refractivity contribution in [3.05, 3.63) is 35.9 Å². The van der Waals surface area contributed by atoms with Gasteiger partial charge in [0.2, 0.25) is 0 Å². The Morgan fingerprint density at radius 3 is 2.22 bits per heavy atom. The van der Waals surface area contributed by atoms with Crippen LogP contribution in [-0.4, -0.2) is 30.9 Å². The molecule has 1 atom stereocenters. The van der Waals surface area contributed by atoms with Gasteiger partial charge in [-0.2, -0.15) is 12.7 Å². The van der Waals surface area contributed by atoms with Gasteiger partial charge < -0.3 is 5.11 Å². The maximum absolute atomic E-state index is 11.4. The number of rotatable bonds is 6. The number of nitrogens with zero attached hydrogens (tertiary/aromatic N) is 1. The second-order valence-electron chi connectivity index (χ2n) is 4.68. The first-order valence-corrected chi connectivity index (χ1v) is 7.32. The molecular weight excluding hydrogens is 252 g/mol. The summed E-state index contributed by atoms with van der Waals surface area (Å²) in [6.07, 6.45) is -0.872. The van der Waals surface area contributed by atoms with E-state index in [0.29, 0.717) is 12.1 Å². The molecule has 0 saturated carbocycles. The number of nitrogens with two attached hydrogens (primary N) is 1. The van der Waals surface area contributed by atoms with Gasteiger partial charge in [-0.05, 0) is 11.5 Å². The summed E-state index contributed by atoms with van der Waals surface area (Å²) in [4.78, 5) is 0. The Morgan fingerprint density at radius 1 is 1.22 bits per heavy atom. The zero-order valence-electron chi connectivity index (χ0n) is 10.7. The minimum atomic E-state index is -3.79. The van der Waals surface area contributed by atoms with Gasteiger partial charge in [0.05, 0.1) is 6.10 Å². The predicted octanol–water partition coefficient (Wildman–Crippen LogP) is 0.882. The van der Waals surface area contributed by atoms with Crippen LogP contribution in [0, 0.1) is 5.92 Å². The molecule has 0 unspecified atom stereocenters. The quantitative estimate of drug-likeness (QED) is 0.806. The van der Waals surface area contributed by atoms with E-state index in [1.165, 1.54) is 0 Å². The zero-order chi connectivity index (χ0) is 13.8. The Balaban J connectivity index is 2.78. The van der Waals surface area contributed by atoms with Crippen LogP contribution in [0.15, 0.2) is 30.3 Å². The fourth-order valence-corrected chi connectivity index (χ4v) is 2.52. The van der Waals surface area contributed by atoms with E-state index in [-0.39, 0.29) is 12.5 Å². The Hall–Kier alpha value is -0.950. The van der Waals surface area contributed by atoms with Crippen LogP contribution in [0.1, 0.15) is 25.5 Å². The Bertz CT molecular complexity index is 459. The molecule has 1 aromatic carbocycles. The number of hydrogen-bond donors (Lipinski definition) is 2. The van der Waals surface area contributed by atoms with Crippen molar-refractivity contribution < 1.29 is 13.5 Å². The summed E-state index contributed by atoms with van der Waals surface area (Å²) in [5, 5.41) is 15.1. The molecule has 0 aliphatic rings. The monoisotopic (exact) mass is 272 g/mol. The van der Waals surface area contributed by atoms with Crippen molar-refractivity contribution in [3.8, 4) is 0 Å². The number of hydrogen-bond acceptors (Lipinski definition) is 3. The molecule has 0 saturated heterocycles. The van der Waals surface area contributed by atoms with Gasteiger partial charge in [-0.25, -0.2) is 5.14 Å². The lowest BCUT2D eigenvalue weighted by Gasteiger charge is -2.24. The second-order valence-corrected chi connectivity index (χ2v) is 6.23. The molecule has 0 amide bonds. The van der Waals surface area contributed by atoms with Gasteiger partial charge in [0.1, 0.15) is 0 Å². The highest BCUT2D eigenvalue weighted by Crippen LogP contribution is 2.15. The Morgan fingerprint density at radius 2 is 1.78 bits per heavy atom. The molecule has 1 aromatic rings. The van der Waals surface area contributed by atoms with Gasteiger partial charge in [-0.1, -0.05) is 44.2 Å². The normalized spacial score (nSPS) is 14.1. The van der Waals surface area contributed by atoms with Crippen LogP contribution in [0.3, 0.4) is 0 Å². The standard InChI is InChI=1S/C12H20N2O3S/c1-10(2)8-14(18(13,16)17)9-12(15)11-6-4-3-5-7-11/h3-7,10,12,15H,8-9H2,1-2H3,(H2,13,16,17)/t12-/m1/s1. The van der Waals surface area contributed by atoms with Crippen molar-refractivity contribution in [2.45, 2.75) is 20.0 Å². The van der Waals surface area contributed by atoms with Gasteiger partial charge in [-0.15, -0.1) is 0 Å². The second kappa shape index (κ2) is 6.29. The lowest BCUT2D eigenvalue weighted by molar-refractivity contribution is 0.143. The maximum atomic E-state index is 11.4. The van der Waals surface area contributed by atoms with E-state index in [1.54, 1.807) is 24.3 Å². The third-order valence-corrected chi connectivity index (χ3v) is 3.51.